The van der Waals surface area contributed by atoms with E-state index < -0.39 is 0 Å². The smallest absolute Gasteiger partial charge is 0.251 e. The summed E-state index contributed by atoms with van der Waals surface area (Å²) in [5.74, 6) is 1.75. The van der Waals surface area contributed by atoms with Crippen LogP contribution in [0, 0.1) is 5.92 Å². The van der Waals surface area contributed by atoms with Crippen LogP contribution in [-0.2, 0) is 7.05 Å². The molecule has 1 atom stereocenters. The predicted octanol–water partition coefficient (Wildman–Crippen LogP) is 3.39. The van der Waals surface area contributed by atoms with E-state index in [9.17, 15) is 4.79 Å². The molecule has 0 aliphatic heterocycles. The van der Waals surface area contributed by atoms with E-state index in [0.29, 0.717) is 5.56 Å². The fraction of sp³-hybridized carbons (Fsp3) is 0.400. The van der Waals surface area contributed by atoms with Crippen LogP contribution in [0.5, 0.6) is 0 Å². The van der Waals surface area contributed by atoms with Gasteiger partial charge in [-0.25, -0.2) is 14.6 Å². The van der Waals surface area contributed by atoms with E-state index in [1.54, 1.807) is 12.5 Å². The molecule has 3 aromatic rings. The number of imidazole rings is 1. The second-order valence-corrected chi connectivity index (χ2v) is 7.29. The van der Waals surface area contributed by atoms with Crippen LogP contribution < -0.4 is 5.32 Å². The molecule has 1 N–H and O–H groups in total. The van der Waals surface area contributed by atoms with Crippen molar-refractivity contribution in [2.75, 3.05) is 0 Å². The fourth-order valence-corrected chi connectivity index (χ4v) is 3.04. The second kappa shape index (κ2) is 7.73. The molecule has 27 heavy (non-hydrogen) atoms. The Labute approximate surface area is 159 Å². The van der Waals surface area contributed by atoms with E-state index in [1.165, 1.54) is 0 Å². The van der Waals surface area contributed by atoms with Gasteiger partial charge in [0.25, 0.3) is 5.91 Å². The molecule has 142 valence electrons. The monoisotopic (exact) mass is 366 g/mol. The maximum Gasteiger partial charge on any atom is 0.251 e. The summed E-state index contributed by atoms with van der Waals surface area (Å²) in [5.41, 5.74) is 1.54. The lowest BCUT2D eigenvalue weighted by Gasteiger charge is -2.22. The van der Waals surface area contributed by atoms with Crippen molar-refractivity contribution < 1.29 is 4.79 Å². The molecule has 0 spiro atoms. The first-order valence-electron chi connectivity index (χ1n) is 9.16. The number of benzene rings is 1. The highest BCUT2D eigenvalue weighted by molar-refractivity contribution is 5.94. The molecule has 1 aromatic carbocycles. The molecule has 3 rings (SSSR count). The summed E-state index contributed by atoms with van der Waals surface area (Å²) in [6.45, 7) is 8.26. The van der Waals surface area contributed by atoms with Crippen LogP contribution in [0.4, 0.5) is 0 Å². The van der Waals surface area contributed by atoms with E-state index >= 15 is 0 Å². The number of hydrogen-bond donors (Lipinski definition) is 1. The van der Waals surface area contributed by atoms with Gasteiger partial charge in [-0.1, -0.05) is 26.0 Å². The molecule has 0 saturated carbocycles. The van der Waals surface area contributed by atoms with Crippen molar-refractivity contribution in [2.45, 2.75) is 39.8 Å². The summed E-state index contributed by atoms with van der Waals surface area (Å²) >= 11 is 0. The topological polar surface area (TPSA) is 77.6 Å². The number of amides is 1. The van der Waals surface area contributed by atoms with E-state index in [2.05, 4.69) is 48.1 Å². The lowest BCUT2D eigenvalue weighted by atomic mass is 10.0. The van der Waals surface area contributed by atoms with Crippen LogP contribution in [0.1, 0.15) is 56.0 Å². The van der Waals surface area contributed by atoms with E-state index in [0.717, 1.165) is 17.2 Å². The maximum atomic E-state index is 12.8. The Morgan fingerprint density at radius 1 is 1.07 bits per heavy atom. The van der Waals surface area contributed by atoms with Gasteiger partial charge in [0.15, 0.2) is 5.82 Å². The van der Waals surface area contributed by atoms with Gasteiger partial charge >= 0.3 is 0 Å². The zero-order chi connectivity index (χ0) is 19.6. The number of hydrogen-bond acceptors (Lipinski definition) is 4. The van der Waals surface area contributed by atoms with Crippen LogP contribution in [0.2, 0.25) is 0 Å². The van der Waals surface area contributed by atoms with Crippen molar-refractivity contribution in [3.8, 4) is 11.4 Å². The van der Waals surface area contributed by atoms with Crippen molar-refractivity contribution >= 4 is 5.91 Å². The van der Waals surface area contributed by atoms with Gasteiger partial charge < -0.3 is 9.88 Å². The van der Waals surface area contributed by atoms with Crippen molar-refractivity contribution in [3.63, 3.8) is 0 Å². The molecule has 1 amide bonds. The Kier molecular flexibility index (Phi) is 5.39. The number of nitrogens with zero attached hydrogens (tertiary/aromatic N) is 5. The van der Waals surface area contributed by atoms with E-state index in [4.69, 9.17) is 0 Å². The molecule has 0 saturated heterocycles. The number of carbonyl (C=O) groups excluding carboxylic acids is 1. The highest BCUT2D eigenvalue weighted by Crippen LogP contribution is 2.22. The second-order valence-electron chi connectivity index (χ2n) is 7.29. The van der Waals surface area contributed by atoms with Crippen molar-refractivity contribution in [1.29, 1.82) is 0 Å². The summed E-state index contributed by atoms with van der Waals surface area (Å²) in [4.78, 5) is 21.5. The Balaban J connectivity index is 1.79. The third-order valence-corrected chi connectivity index (χ3v) is 4.56. The fourth-order valence-electron chi connectivity index (χ4n) is 3.04. The summed E-state index contributed by atoms with van der Waals surface area (Å²) in [7, 11) is 1.93. The minimum atomic E-state index is -0.152. The van der Waals surface area contributed by atoms with Gasteiger partial charge in [0.2, 0.25) is 0 Å². The van der Waals surface area contributed by atoms with Crippen LogP contribution in [0.3, 0.4) is 0 Å². The van der Waals surface area contributed by atoms with Gasteiger partial charge in [0.1, 0.15) is 12.2 Å². The minimum absolute atomic E-state index is 0.117. The minimum Gasteiger partial charge on any atom is -0.342 e. The molecule has 7 nitrogen and oxygen atoms in total. The molecular formula is C20H26N6O. The number of aromatic nitrogens is 5. The quantitative estimate of drug-likeness (QED) is 0.725. The summed E-state index contributed by atoms with van der Waals surface area (Å²) in [6.07, 6.45) is 5.18. The van der Waals surface area contributed by atoms with Crippen molar-refractivity contribution in [2.24, 2.45) is 13.0 Å². The number of rotatable bonds is 6. The summed E-state index contributed by atoms with van der Waals surface area (Å²) in [6, 6.07) is 7.52. The molecule has 0 radical (unpaired) electrons. The average molecular weight is 366 g/mol. The third-order valence-electron chi connectivity index (χ3n) is 4.56. The number of carbonyl (C=O) groups is 1. The largest absolute Gasteiger partial charge is 0.342 e. The first-order chi connectivity index (χ1) is 12.9. The Hall–Kier alpha value is -2.96. The molecule has 0 bridgehead atoms. The van der Waals surface area contributed by atoms with Gasteiger partial charge in [-0.2, -0.15) is 5.10 Å². The van der Waals surface area contributed by atoms with Gasteiger partial charge in [0.05, 0.1) is 6.04 Å². The number of nitrogens with one attached hydrogen (secondary N) is 1. The van der Waals surface area contributed by atoms with Crippen LogP contribution in [0.25, 0.3) is 11.4 Å². The van der Waals surface area contributed by atoms with Crippen molar-refractivity contribution in [1.82, 2.24) is 29.6 Å². The van der Waals surface area contributed by atoms with Gasteiger partial charge in [-0.15, -0.1) is 0 Å². The maximum absolute atomic E-state index is 12.8. The lowest BCUT2D eigenvalue weighted by Crippen LogP contribution is -2.33. The number of aryl methyl sites for hydroxylation is 1. The molecule has 2 aromatic heterocycles. The van der Waals surface area contributed by atoms with Gasteiger partial charge in [-0.3, -0.25) is 4.79 Å². The predicted molar refractivity (Wildman–Crippen MR) is 104 cm³/mol. The SMILES string of the molecule is CC(C)[C@H](NC(=O)c1ccc(-c2ncnn2C(C)C)cc1)c1nccn1C. The molecule has 0 fully saturated rings. The Bertz CT molecular complexity index is 907. The summed E-state index contributed by atoms with van der Waals surface area (Å²) < 4.78 is 3.80. The highest BCUT2D eigenvalue weighted by atomic mass is 16.1. The molecule has 0 aliphatic rings. The average Bonchev–Trinajstić information content (AvgIpc) is 3.28. The first kappa shape index (κ1) is 18.8. The normalized spacial score (nSPS) is 12.6. The third kappa shape index (κ3) is 3.92. The van der Waals surface area contributed by atoms with Crippen LogP contribution in [0.15, 0.2) is 43.0 Å². The van der Waals surface area contributed by atoms with Crippen LogP contribution >= 0.6 is 0 Å². The van der Waals surface area contributed by atoms with E-state index in [-0.39, 0.29) is 23.9 Å². The first-order valence-corrected chi connectivity index (χ1v) is 9.16. The molecule has 7 heteroatoms. The van der Waals surface area contributed by atoms with Crippen molar-refractivity contribution in [3.05, 3.63) is 54.4 Å². The Morgan fingerprint density at radius 2 is 1.78 bits per heavy atom. The molecule has 2 heterocycles. The highest BCUT2D eigenvalue weighted by Gasteiger charge is 2.22. The molecule has 0 unspecified atom stereocenters. The standard InChI is InChI=1S/C20H26N6O/c1-13(2)17(19-21-10-11-25(19)5)24-20(27)16-8-6-15(7-9-16)18-22-12-23-26(18)14(3)4/h6-14,17H,1-5H3,(H,24,27)/t17-/m0/s1. The van der Waals surface area contributed by atoms with E-state index in [1.807, 2.05) is 46.8 Å². The van der Waals surface area contributed by atoms with Gasteiger partial charge in [0, 0.05) is 36.6 Å². The zero-order valence-electron chi connectivity index (χ0n) is 16.4. The van der Waals surface area contributed by atoms with Gasteiger partial charge in [-0.05, 0) is 31.9 Å². The molecular weight excluding hydrogens is 340 g/mol. The summed E-state index contributed by atoms with van der Waals surface area (Å²) in [5, 5.41) is 7.37. The Morgan fingerprint density at radius 3 is 2.33 bits per heavy atom. The van der Waals surface area contributed by atoms with Crippen LogP contribution in [-0.4, -0.2) is 30.2 Å². The molecule has 0 aliphatic carbocycles. The zero-order valence-corrected chi connectivity index (χ0v) is 16.4. The lowest BCUT2D eigenvalue weighted by molar-refractivity contribution is 0.0922.